The molecule has 16 heavy (non-hydrogen) atoms. The van der Waals surface area contributed by atoms with Gasteiger partial charge in [-0.15, -0.1) is 0 Å². The maximum absolute atomic E-state index is 12.7. The van der Waals surface area contributed by atoms with Gasteiger partial charge in [-0.3, -0.25) is 4.57 Å². The van der Waals surface area contributed by atoms with Crippen molar-refractivity contribution in [2.45, 2.75) is 20.0 Å². The van der Waals surface area contributed by atoms with E-state index in [2.05, 4.69) is 0 Å². The number of rotatable bonds is 5. The third kappa shape index (κ3) is 3.26. The summed E-state index contributed by atoms with van der Waals surface area (Å²) in [5, 5.41) is 0.370. The largest absolute Gasteiger partial charge is 0.322 e. The van der Waals surface area contributed by atoms with Crippen molar-refractivity contribution in [3.05, 3.63) is 30.1 Å². The van der Waals surface area contributed by atoms with Gasteiger partial charge in [-0.2, -0.15) is 0 Å². The van der Waals surface area contributed by atoms with Gasteiger partial charge in [0.05, 0.1) is 12.3 Å². The zero-order chi connectivity index (χ0) is 12.2. The molecular formula is C11H14FO3P. The monoisotopic (exact) mass is 244 g/mol. The van der Waals surface area contributed by atoms with Gasteiger partial charge in [0, 0.05) is 5.30 Å². The lowest BCUT2D eigenvalue weighted by atomic mass is 10.4. The van der Waals surface area contributed by atoms with E-state index in [1.807, 2.05) is 0 Å². The highest BCUT2D eigenvalue weighted by atomic mass is 31.2. The van der Waals surface area contributed by atoms with Gasteiger partial charge in [-0.25, -0.2) is 4.39 Å². The molecule has 1 aromatic rings. The third-order valence-corrected chi connectivity index (χ3v) is 4.39. The van der Waals surface area contributed by atoms with Crippen molar-refractivity contribution in [3.8, 4) is 0 Å². The summed E-state index contributed by atoms with van der Waals surface area (Å²) in [6.07, 6.45) is 0.124. The van der Waals surface area contributed by atoms with E-state index < -0.39 is 13.2 Å². The summed E-state index contributed by atoms with van der Waals surface area (Å²) in [7, 11) is -3.18. The molecule has 1 rings (SSSR count). The SMILES string of the molecule is CC(C)OP(=O)(CC=O)c1ccc(F)cc1. The van der Waals surface area contributed by atoms with Crippen LogP contribution in [-0.2, 0) is 13.9 Å². The predicted octanol–water partition coefficient (Wildman–Crippen LogP) is 2.35. The van der Waals surface area contributed by atoms with Gasteiger partial charge in [-0.05, 0) is 38.1 Å². The molecule has 1 atom stereocenters. The molecule has 0 aliphatic rings. The zero-order valence-corrected chi connectivity index (χ0v) is 10.1. The molecule has 0 heterocycles. The van der Waals surface area contributed by atoms with E-state index in [0.29, 0.717) is 11.6 Å². The van der Waals surface area contributed by atoms with Crippen molar-refractivity contribution in [1.29, 1.82) is 0 Å². The fourth-order valence-electron chi connectivity index (χ4n) is 1.32. The van der Waals surface area contributed by atoms with Crippen LogP contribution in [0.5, 0.6) is 0 Å². The van der Waals surface area contributed by atoms with Crippen molar-refractivity contribution in [1.82, 2.24) is 0 Å². The smallest absolute Gasteiger partial charge is 0.239 e. The maximum Gasteiger partial charge on any atom is 0.239 e. The van der Waals surface area contributed by atoms with Gasteiger partial charge in [-0.1, -0.05) is 0 Å². The first kappa shape index (κ1) is 13.1. The van der Waals surface area contributed by atoms with Crippen LogP contribution in [0.3, 0.4) is 0 Å². The van der Waals surface area contributed by atoms with Gasteiger partial charge < -0.3 is 9.32 Å². The fraction of sp³-hybridized carbons (Fsp3) is 0.364. The second kappa shape index (κ2) is 5.37. The lowest BCUT2D eigenvalue weighted by Crippen LogP contribution is -2.14. The molecule has 1 aromatic carbocycles. The van der Waals surface area contributed by atoms with Gasteiger partial charge in [0.1, 0.15) is 12.1 Å². The zero-order valence-electron chi connectivity index (χ0n) is 9.22. The Bertz CT molecular complexity index is 400. The first-order valence-electron chi connectivity index (χ1n) is 4.95. The van der Waals surface area contributed by atoms with Crippen LogP contribution in [0.4, 0.5) is 4.39 Å². The summed E-state index contributed by atoms with van der Waals surface area (Å²) < 4.78 is 30.4. The minimum atomic E-state index is -3.18. The minimum absolute atomic E-state index is 0.184. The topological polar surface area (TPSA) is 43.4 Å². The molecule has 88 valence electrons. The Hall–Kier alpha value is -0.990. The van der Waals surface area contributed by atoms with Gasteiger partial charge in [0.2, 0.25) is 7.37 Å². The number of hydrogen-bond acceptors (Lipinski definition) is 3. The van der Waals surface area contributed by atoms with E-state index in [9.17, 15) is 13.8 Å². The Morgan fingerprint density at radius 1 is 1.38 bits per heavy atom. The lowest BCUT2D eigenvalue weighted by molar-refractivity contribution is -0.105. The molecule has 0 amide bonds. The van der Waals surface area contributed by atoms with Crippen molar-refractivity contribution in [2.75, 3.05) is 6.16 Å². The summed E-state index contributed by atoms with van der Waals surface area (Å²) in [4.78, 5) is 10.5. The van der Waals surface area contributed by atoms with Crippen LogP contribution < -0.4 is 5.30 Å². The molecule has 0 aromatic heterocycles. The van der Waals surface area contributed by atoms with Crippen LogP contribution in [0, 0.1) is 5.82 Å². The first-order chi connectivity index (χ1) is 7.48. The number of carbonyl (C=O) groups excluding carboxylic acids is 1. The number of hydrogen-bond donors (Lipinski definition) is 0. The van der Waals surface area contributed by atoms with Gasteiger partial charge in [0.15, 0.2) is 0 Å². The van der Waals surface area contributed by atoms with E-state index in [1.54, 1.807) is 13.8 Å². The molecular weight excluding hydrogens is 230 g/mol. The summed E-state index contributed by atoms with van der Waals surface area (Å²) in [6.45, 7) is 3.47. The van der Waals surface area contributed by atoms with Crippen molar-refractivity contribution in [2.24, 2.45) is 0 Å². The molecule has 0 spiro atoms. The Kier molecular flexibility index (Phi) is 4.39. The fourth-order valence-corrected chi connectivity index (χ4v) is 3.22. The predicted molar refractivity (Wildman–Crippen MR) is 60.8 cm³/mol. The third-order valence-electron chi connectivity index (χ3n) is 1.92. The summed E-state index contributed by atoms with van der Waals surface area (Å²) >= 11 is 0. The van der Waals surface area contributed by atoms with Gasteiger partial charge >= 0.3 is 0 Å². The van der Waals surface area contributed by atoms with E-state index in [1.165, 1.54) is 24.3 Å². The Labute approximate surface area is 94.1 Å². The number of halogens is 1. The normalized spacial score (nSPS) is 14.8. The quantitative estimate of drug-likeness (QED) is 0.590. The second-order valence-corrected chi connectivity index (χ2v) is 6.09. The number of benzene rings is 1. The molecule has 0 fully saturated rings. The molecule has 0 saturated heterocycles. The van der Waals surface area contributed by atoms with Crippen LogP contribution in [0.1, 0.15) is 13.8 Å². The Morgan fingerprint density at radius 2 is 1.94 bits per heavy atom. The molecule has 0 saturated carbocycles. The highest BCUT2D eigenvalue weighted by molar-refractivity contribution is 7.67. The van der Waals surface area contributed by atoms with Crippen LogP contribution >= 0.6 is 7.37 Å². The lowest BCUT2D eigenvalue weighted by Gasteiger charge is -2.19. The van der Waals surface area contributed by atoms with Crippen LogP contribution in [0.15, 0.2) is 24.3 Å². The Morgan fingerprint density at radius 3 is 2.38 bits per heavy atom. The molecule has 0 aliphatic carbocycles. The van der Waals surface area contributed by atoms with Crippen molar-refractivity contribution >= 4 is 19.0 Å². The highest BCUT2D eigenvalue weighted by Gasteiger charge is 2.26. The summed E-state index contributed by atoms with van der Waals surface area (Å²) in [6, 6.07) is 5.19. The van der Waals surface area contributed by atoms with E-state index >= 15 is 0 Å². The number of aldehydes is 1. The van der Waals surface area contributed by atoms with Crippen molar-refractivity contribution < 1.29 is 18.3 Å². The standard InChI is InChI=1S/C11H14FO3P/c1-9(2)15-16(14,8-7-13)11-5-3-10(12)4-6-11/h3-7,9H,8H2,1-2H3. The average molecular weight is 244 g/mol. The highest BCUT2D eigenvalue weighted by Crippen LogP contribution is 2.45. The molecule has 0 radical (unpaired) electrons. The molecule has 0 aliphatic heterocycles. The first-order valence-corrected chi connectivity index (χ1v) is 6.76. The summed E-state index contributed by atoms with van der Waals surface area (Å²) in [5.74, 6) is -0.411. The molecule has 5 heteroatoms. The van der Waals surface area contributed by atoms with E-state index in [0.717, 1.165) is 0 Å². The molecule has 0 bridgehead atoms. The second-order valence-electron chi connectivity index (χ2n) is 3.65. The van der Waals surface area contributed by atoms with Crippen molar-refractivity contribution in [3.63, 3.8) is 0 Å². The van der Waals surface area contributed by atoms with Crippen LogP contribution in [-0.4, -0.2) is 18.6 Å². The molecule has 3 nitrogen and oxygen atoms in total. The maximum atomic E-state index is 12.7. The van der Waals surface area contributed by atoms with E-state index in [-0.39, 0.29) is 12.3 Å². The molecule has 0 N–H and O–H groups in total. The number of carbonyl (C=O) groups is 1. The Balaban J connectivity index is 3.05. The summed E-state index contributed by atoms with van der Waals surface area (Å²) in [5.41, 5.74) is 0. The van der Waals surface area contributed by atoms with Gasteiger partial charge in [0.25, 0.3) is 0 Å². The average Bonchev–Trinajstić information content (AvgIpc) is 2.17. The minimum Gasteiger partial charge on any atom is -0.322 e. The molecule has 1 unspecified atom stereocenters. The van der Waals surface area contributed by atoms with Crippen LogP contribution in [0.2, 0.25) is 0 Å². The van der Waals surface area contributed by atoms with Crippen LogP contribution in [0.25, 0.3) is 0 Å². The van der Waals surface area contributed by atoms with E-state index in [4.69, 9.17) is 4.52 Å².